The molecule has 1 aromatic carbocycles. The third-order valence-corrected chi connectivity index (χ3v) is 3.59. The van der Waals surface area contributed by atoms with Gasteiger partial charge in [-0.15, -0.1) is 0 Å². The van der Waals surface area contributed by atoms with Gasteiger partial charge in [0.25, 0.3) is 0 Å². The van der Waals surface area contributed by atoms with Crippen molar-refractivity contribution in [2.24, 2.45) is 5.41 Å². The van der Waals surface area contributed by atoms with Crippen LogP contribution in [0, 0.1) is 11.2 Å². The first-order chi connectivity index (χ1) is 8.49. The average molecular weight is 251 g/mol. The van der Waals surface area contributed by atoms with Crippen LogP contribution >= 0.6 is 0 Å². The number of halogens is 1. The lowest BCUT2D eigenvalue weighted by Crippen LogP contribution is -2.45. The Morgan fingerprint density at radius 2 is 2.33 bits per heavy atom. The summed E-state index contributed by atoms with van der Waals surface area (Å²) in [6.45, 7) is 3.80. The number of benzene rings is 1. The highest BCUT2D eigenvalue weighted by Gasteiger charge is 2.37. The van der Waals surface area contributed by atoms with Crippen molar-refractivity contribution < 1.29 is 14.3 Å². The molecule has 2 rings (SSSR count). The predicted octanol–water partition coefficient (Wildman–Crippen LogP) is 2.51. The standard InChI is InChI=1S/C14H18FNO2/c1-14(13(17)18)6-3-7-16(10-14)9-11-4-2-5-12(15)8-11/h2,4-5,8H,3,6-7,9-10H2,1H3,(H,17,18). The van der Waals surface area contributed by atoms with E-state index in [1.807, 2.05) is 6.07 Å². The Morgan fingerprint density at radius 1 is 1.56 bits per heavy atom. The zero-order valence-electron chi connectivity index (χ0n) is 10.5. The second-order valence-corrected chi connectivity index (χ2v) is 5.31. The van der Waals surface area contributed by atoms with Crippen LogP contribution in [0.1, 0.15) is 25.3 Å². The number of hydrogen-bond acceptors (Lipinski definition) is 2. The predicted molar refractivity (Wildman–Crippen MR) is 66.7 cm³/mol. The van der Waals surface area contributed by atoms with Gasteiger partial charge in [-0.3, -0.25) is 9.69 Å². The van der Waals surface area contributed by atoms with Crippen molar-refractivity contribution in [1.29, 1.82) is 0 Å². The molecular formula is C14H18FNO2. The van der Waals surface area contributed by atoms with Crippen molar-refractivity contribution in [3.05, 3.63) is 35.6 Å². The summed E-state index contributed by atoms with van der Waals surface area (Å²) in [5.74, 6) is -0.989. The molecule has 18 heavy (non-hydrogen) atoms. The van der Waals surface area contributed by atoms with Crippen molar-refractivity contribution in [3.63, 3.8) is 0 Å². The number of aliphatic carboxylic acids is 1. The average Bonchev–Trinajstić information content (AvgIpc) is 2.29. The Labute approximate surface area is 106 Å². The molecule has 98 valence electrons. The first kappa shape index (κ1) is 13.0. The van der Waals surface area contributed by atoms with Gasteiger partial charge in [-0.25, -0.2) is 4.39 Å². The normalized spacial score (nSPS) is 25.0. The van der Waals surface area contributed by atoms with Gasteiger partial charge in [-0.2, -0.15) is 0 Å². The molecule has 0 bridgehead atoms. The quantitative estimate of drug-likeness (QED) is 0.897. The van der Waals surface area contributed by atoms with Crippen molar-refractivity contribution in [1.82, 2.24) is 4.90 Å². The fourth-order valence-electron chi connectivity index (χ4n) is 2.55. The molecular weight excluding hydrogens is 233 g/mol. The molecule has 0 spiro atoms. The molecule has 0 saturated carbocycles. The van der Waals surface area contributed by atoms with Crippen LogP contribution in [0.3, 0.4) is 0 Å². The third-order valence-electron chi connectivity index (χ3n) is 3.59. The lowest BCUT2D eigenvalue weighted by Gasteiger charge is -2.37. The summed E-state index contributed by atoms with van der Waals surface area (Å²) in [5, 5.41) is 9.24. The van der Waals surface area contributed by atoms with Crippen LogP contribution < -0.4 is 0 Å². The van der Waals surface area contributed by atoms with E-state index in [0.717, 1.165) is 18.5 Å². The number of hydrogen-bond donors (Lipinski definition) is 1. The maximum absolute atomic E-state index is 13.1. The number of likely N-dealkylation sites (tertiary alicyclic amines) is 1. The van der Waals surface area contributed by atoms with Gasteiger partial charge in [0.15, 0.2) is 0 Å². The zero-order chi connectivity index (χ0) is 13.2. The van der Waals surface area contributed by atoms with E-state index in [2.05, 4.69) is 4.90 Å². The number of nitrogens with zero attached hydrogens (tertiary/aromatic N) is 1. The van der Waals surface area contributed by atoms with Crippen molar-refractivity contribution >= 4 is 5.97 Å². The number of carboxylic acids is 1. The minimum atomic E-state index is -0.744. The van der Waals surface area contributed by atoms with Crippen LogP contribution in [-0.2, 0) is 11.3 Å². The minimum Gasteiger partial charge on any atom is -0.481 e. The van der Waals surface area contributed by atoms with E-state index in [1.165, 1.54) is 12.1 Å². The monoisotopic (exact) mass is 251 g/mol. The van der Waals surface area contributed by atoms with Crippen LogP contribution in [0.4, 0.5) is 4.39 Å². The Morgan fingerprint density at radius 3 is 3.00 bits per heavy atom. The summed E-state index contributed by atoms with van der Waals surface area (Å²) in [6, 6.07) is 6.48. The molecule has 0 amide bonds. The van der Waals surface area contributed by atoms with Gasteiger partial charge >= 0.3 is 5.97 Å². The van der Waals surface area contributed by atoms with E-state index in [0.29, 0.717) is 19.5 Å². The van der Waals surface area contributed by atoms with Gasteiger partial charge in [0, 0.05) is 13.1 Å². The summed E-state index contributed by atoms with van der Waals surface area (Å²) in [6.07, 6.45) is 1.58. The van der Waals surface area contributed by atoms with Crippen molar-refractivity contribution in [2.75, 3.05) is 13.1 Å². The molecule has 3 nitrogen and oxygen atoms in total. The van der Waals surface area contributed by atoms with Crippen molar-refractivity contribution in [3.8, 4) is 0 Å². The number of rotatable bonds is 3. The second kappa shape index (κ2) is 5.06. The summed E-state index contributed by atoms with van der Waals surface area (Å²) < 4.78 is 13.1. The lowest BCUT2D eigenvalue weighted by atomic mass is 9.82. The third kappa shape index (κ3) is 2.88. The summed E-state index contributed by atoms with van der Waals surface area (Å²) >= 11 is 0. The smallest absolute Gasteiger partial charge is 0.310 e. The Bertz CT molecular complexity index is 449. The highest BCUT2D eigenvalue weighted by molar-refractivity contribution is 5.74. The summed E-state index contributed by atoms with van der Waals surface area (Å²) in [7, 11) is 0. The number of carboxylic acid groups (broad SMARTS) is 1. The Balaban J connectivity index is 2.04. The molecule has 0 aliphatic carbocycles. The van der Waals surface area contributed by atoms with Crippen LogP contribution in [0.15, 0.2) is 24.3 Å². The molecule has 1 heterocycles. The van der Waals surface area contributed by atoms with Crippen LogP contribution in [0.2, 0.25) is 0 Å². The topological polar surface area (TPSA) is 40.5 Å². The first-order valence-corrected chi connectivity index (χ1v) is 6.20. The Hall–Kier alpha value is -1.42. The van der Waals surface area contributed by atoms with Gasteiger partial charge in [0.05, 0.1) is 5.41 Å². The van der Waals surface area contributed by atoms with E-state index >= 15 is 0 Å². The largest absolute Gasteiger partial charge is 0.481 e. The van der Waals surface area contributed by atoms with Gasteiger partial charge < -0.3 is 5.11 Å². The number of carbonyl (C=O) groups is 1. The fourth-order valence-corrected chi connectivity index (χ4v) is 2.55. The zero-order valence-corrected chi connectivity index (χ0v) is 10.5. The van der Waals surface area contributed by atoms with E-state index in [-0.39, 0.29) is 5.82 Å². The first-order valence-electron chi connectivity index (χ1n) is 6.20. The molecule has 0 aromatic heterocycles. The van der Waals surface area contributed by atoms with Gasteiger partial charge in [-0.1, -0.05) is 12.1 Å². The second-order valence-electron chi connectivity index (χ2n) is 5.31. The molecule has 1 unspecified atom stereocenters. The van der Waals surface area contributed by atoms with E-state index in [4.69, 9.17) is 0 Å². The van der Waals surface area contributed by atoms with Gasteiger partial charge in [-0.05, 0) is 44.0 Å². The molecule has 4 heteroatoms. The SMILES string of the molecule is CC1(C(=O)O)CCCN(Cc2cccc(F)c2)C1. The maximum Gasteiger partial charge on any atom is 0.310 e. The minimum absolute atomic E-state index is 0.245. The highest BCUT2D eigenvalue weighted by Crippen LogP contribution is 2.30. The maximum atomic E-state index is 13.1. The van der Waals surface area contributed by atoms with E-state index in [1.54, 1.807) is 13.0 Å². The molecule has 1 N–H and O–H groups in total. The summed E-state index contributed by atoms with van der Waals surface area (Å²) in [4.78, 5) is 13.3. The van der Waals surface area contributed by atoms with Gasteiger partial charge in [0.2, 0.25) is 0 Å². The Kier molecular flexibility index (Phi) is 3.66. The summed E-state index contributed by atoms with van der Waals surface area (Å²) in [5.41, 5.74) is 0.218. The molecule has 1 atom stereocenters. The number of piperidine rings is 1. The molecule has 1 aromatic rings. The highest BCUT2D eigenvalue weighted by atomic mass is 19.1. The lowest BCUT2D eigenvalue weighted by molar-refractivity contribution is -0.151. The molecule has 1 saturated heterocycles. The van der Waals surface area contributed by atoms with Crippen molar-refractivity contribution in [2.45, 2.75) is 26.3 Å². The van der Waals surface area contributed by atoms with E-state index in [9.17, 15) is 14.3 Å². The van der Waals surface area contributed by atoms with Crippen LogP contribution in [0.5, 0.6) is 0 Å². The van der Waals surface area contributed by atoms with E-state index < -0.39 is 11.4 Å². The molecule has 1 aliphatic rings. The molecule has 0 radical (unpaired) electrons. The fraction of sp³-hybridized carbons (Fsp3) is 0.500. The van der Waals surface area contributed by atoms with Crippen LogP contribution in [-0.4, -0.2) is 29.1 Å². The van der Waals surface area contributed by atoms with Gasteiger partial charge in [0.1, 0.15) is 5.82 Å². The molecule has 1 fully saturated rings. The molecule has 1 aliphatic heterocycles. The van der Waals surface area contributed by atoms with Crippen LogP contribution in [0.25, 0.3) is 0 Å².